The van der Waals surface area contributed by atoms with Crippen LogP contribution >= 0.6 is 11.6 Å². The summed E-state index contributed by atoms with van der Waals surface area (Å²) in [5.74, 6) is 1.24. The standard InChI is InChI=1S/C20H22ClN3O6/c1-27-16-8-13(9-17(28-2)18(16)29-3)23-19(25)22-10-15-11-24(20(26)30-15)14-6-4-5-12(21)7-14/h4-9,15H,10-11H2,1-3H3,(H2,22,23,25)/t15-/m0/s1. The maximum atomic E-state index is 12.3. The Morgan fingerprint density at radius 3 is 2.47 bits per heavy atom. The molecule has 0 saturated carbocycles. The third-order valence-corrected chi connectivity index (χ3v) is 4.64. The molecule has 10 heteroatoms. The number of rotatable bonds is 7. The Morgan fingerprint density at radius 1 is 1.17 bits per heavy atom. The van der Waals surface area contributed by atoms with Crippen molar-refractivity contribution in [3.63, 3.8) is 0 Å². The van der Waals surface area contributed by atoms with Crippen molar-refractivity contribution in [2.24, 2.45) is 0 Å². The first-order chi connectivity index (χ1) is 14.4. The highest BCUT2D eigenvalue weighted by molar-refractivity contribution is 6.30. The van der Waals surface area contributed by atoms with E-state index in [4.69, 9.17) is 30.5 Å². The Hall–Kier alpha value is -3.33. The number of halogens is 1. The minimum Gasteiger partial charge on any atom is -0.493 e. The number of hydrogen-bond donors (Lipinski definition) is 2. The monoisotopic (exact) mass is 435 g/mol. The first kappa shape index (κ1) is 21.4. The minimum atomic E-state index is -0.498. The molecule has 2 N–H and O–H groups in total. The fourth-order valence-corrected chi connectivity index (χ4v) is 3.20. The Bertz CT molecular complexity index is 914. The van der Waals surface area contributed by atoms with Gasteiger partial charge in [0.25, 0.3) is 0 Å². The van der Waals surface area contributed by atoms with Crippen molar-refractivity contribution in [2.75, 3.05) is 44.6 Å². The number of nitrogens with zero attached hydrogens (tertiary/aromatic N) is 1. The second kappa shape index (κ2) is 9.45. The highest BCUT2D eigenvalue weighted by atomic mass is 35.5. The SMILES string of the molecule is COc1cc(NC(=O)NC[C@H]2CN(c3cccc(Cl)c3)C(=O)O2)cc(OC)c1OC. The van der Waals surface area contributed by atoms with Crippen LogP contribution in [0.25, 0.3) is 0 Å². The summed E-state index contributed by atoms with van der Waals surface area (Å²) >= 11 is 5.98. The molecular formula is C20H22ClN3O6. The van der Waals surface area contributed by atoms with Crippen LogP contribution in [0.15, 0.2) is 36.4 Å². The summed E-state index contributed by atoms with van der Waals surface area (Å²) in [5, 5.41) is 5.90. The number of ether oxygens (including phenoxy) is 4. The molecule has 0 bridgehead atoms. The summed E-state index contributed by atoms with van der Waals surface area (Å²) in [4.78, 5) is 25.9. The van der Waals surface area contributed by atoms with Gasteiger partial charge in [-0.15, -0.1) is 0 Å². The number of benzene rings is 2. The number of amides is 3. The quantitative estimate of drug-likeness (QED) is 0.690. The predicted molar refractivity (Wildman–Crippen MR) is 112 cm³/mol. The molecule has 0 aromatic heterocycles. The number of urea groups is 1. The fraction of sp³-hybridized carbons (Fsp3) is 0.300. The molecule has 0 aliphatic carbocycles. The summed E-state index contributed by atoms with van der Waals surface area (Å²) < 4.78 is 21.1. The van der Waals surface area contributed by atoms with Gasteiger partial charge in [0.15, 0.2) is 11.5 Å². The lowest BCUT2D eigenvalue weighted by Gasteiger charge is -2.15. The van der Waals surface area contributed by atoms with Crippen molar-refractivity contribution in [3.05, 3.63) is 41.4 Å². The molecule has 2 aromatic carbocycles. The zero-order chi connectivity index (χ0) is 21.7. The van der Waals surface area contributed by atoms with E-state index >= 15 is 0 Å². The van der Waals surface area contributed by atoms with Gasteiger partial charge in [-0.25, -0.2) is 9.59 Å². The van der Waals surface area contributed by atoms with Gasteiger partial charge in [0, 0.05) is 22.8 Å². The van der Waals surface area contributed by atoms with Crippen molar-refractivity contribution >= 4 is 35.1 Å². The third kappa shape index (κ3) is 4.80. The molecule has 0 radical (unpaired) electrons. The smallest absolute Gasteiger partial charge is 0.414 e. The summed E-state index contributed by atoms with van der Waals surface area (Å²) in [7, 11) is 4.47. The molecule has 9 nitrogen and oxygen atoms in total. The number of nitrogens with one attached hydrogen (secondary N) is 2. The van der Waals surface area contributed by atoms with Gasteiger partial charge in [0.2, 0.25) is 5.75 Å². The van der Waals surface area contributed by atoms with E-state index in [1.807, 2.05) is 0 Å². The van der Waals surface area contributed by atoms with Crippen LogP contribution < -0.4 is 29.7 Å². The summed E-state index contributed by atoms with van der Waals surface area (Å²) in [5.41, 5.74) is 1.09. The van der Waals surface area contributed by atoms with Gasteiger partial charge in [0.05, 0.1) is 40.1 Å². The van der Waals surface area contributed by atoms with Gasteiger partial charge in [-0.3, -0.25) is 4.90 Å². The van der Waals surface area contributed by atoms with Crippen LogP contribution in [0.4, 0.5) is 21.0 Å². The summed E-state index contributed by atoms with van der Waals surface area (Å²) in [6, 6.07) is 9.66. The van der Waals surface area contributed by atoms with E-state index in [-0.39, 0.29) is 6.54 Å². The molecule has 3 rings (SSSR count). The van der Waals surface area contributed by atoms with Crippen molar-refractivity contribution in [2.45, 2.75) is 6.10 Å². The van der Waals surface area contributed by atoms with Crippen LogP contribution in [0.3, 0.4) is 0 Å². The maximum Gasteiger partial charge on any atom is 0.414 e. The van der Waals surface area contributed by atoms with Crippen molar-refractivity contribution in [3.8, 4) is 17.2 Å². The normalized spacial score (nSPS) is 15.4. The Balaban J connectivity index is 1.58. The van der Waals surface area contributed by atoms with Gasteiger partial charge in [-0.2, -0.15) is 0 Å². The zero-order valence-corrected chi connectivity index (χ0v) is 17.5. The van der Waals surface area contributed by atoms with Crippen LogP contribution in [-0.4, -0.2) is 52.6 Å². The molecule has 30 heavy (non-hydrogen) atoms. The van der Waals surface area contributed by atoms with Crippen LogP contribution in [0.1, 0.15) is 0 Å². The average Bonchev–Trinajstić information content (AvgIpc) is 3.12. The van der Waals surface area contributed by atoms with E-state index in [1.54, 1.807) is 36.4 Å². The first-order valence-corrected chi connectivity index (χ1v) is 9.41. The molecule has 0 unspecified atom stereocenters. The average molecular weight is 436 g/mol. The van der Waals surface area contributed by atoms with E-state index in [2.05, 4.69) is 10.6 Å². The van der Waals surface area contributed by atoms with E-state index in [0.717, 1.165) is 0 Å². The van der Waals surface area contributed by atoms with Crippen LogP contribution in [0.5, 0.6) is 17.2 Å². The highest BCUT2D eigenvalue weighted by Gasteiger charge is 2.32. The lowest BCUT2D eigenvalue weighted by atomic mass is 10.2. The van der Waals surface area contributed by atoms with E-state index < -0.39 is 18.2 Å². The second-order valence-corrected chi connectivity index (χ2v) is 6.78. The van der Waals surface area contributed by atoms with Crippen molar-refractivity contribution in [1.29, 1.82) is 0 Å². The summed E-state index contributed by atoms with van der Waals surface area (Å²) in [6.45, 7) is 0.433. The molecule has 1 saturated heterocycles. The van der Waals surface area contributed by atoms with Gasteiger partial charge >= 0.3 is 12.1 Å². The number of carbonyl (C=O) groups is 2. The molecular weight excluding hydrogens is 414 g/mol. The van der Waals surface area contributed by atoms with Gasteiger partial charge < -0.3 is 29.6 Å². The number of carbonyl (C=O) groups excluding carboxylic acids is 2. The first-order valence-electron chi connectivity index (χ1n) is 9.03. The third-order valence-electron chi connectivity index (χ3n) is 4.41. The lowest BCUT2D eigenvalue weighted by Crippen LogP contribution is -2.37. The number of cyclic esters (lactones) is 1. The van der Waals surface area contributed by atoms with Crippen LogP contribution in [0, 0.1) is 0 Å². The topological polar surface area (TPSA) is 98.4 Å². The van der Waals surface area contributed by atoms with E-state index in [0.29, 0.717) is 40.2 Å². The highest BCUT2D eigenvalue weighted by Crippen LogP contribution is 2.39. The van der Waals surface area contributed by atoms with Gasteiger partial charge in [-0.05, 0) is 18.2 Å². The molecule has 3 amide bonds. The number of hydrogen-bond acceptors (Lipinski definition) is 6. The number of methoxy groups -OCH3 is 3. The molecule has 1 fully saturated rings. The Labute approximate surface area is 178 Å². The minimum absolute atomic E-state index is 0.138. The molecule has 0 spiro atoms. The molecule has 1 aliphatic rings. The largest absolute Gasteiger partial charge is 0.493 e. The molecule has 1 heterocycles. The van der Waals surface area contributed by atoms with Gasteiger partial charge in [-0.1, -0.05) is 17.7 Å². The van der Waals surface area contributed by atoms with E-state index in [1.165, 1.54) is 26.2 Å². The molecule has 1 atom stereocenters. The Morgan fingerprint density at radius 2 is 1.87 bits per heavy atom. The Kier molecular flexibility index (Phi) is 6.73. The predicted octanol–water partition coefficient (Wildman–Crippen LogP) is 3.51. The summed E-state index contributed by atoms with van der Waals surface area (Å²) in [6.07, 6.45) is -0.990. The number of anilines is 2. The zero-order valence-electron chi connectivity index (χ0n) is 16.7. The maximum absolute atomic E-state index is 12.3. The van der Waals surface area contributed by atoms with Gasteiger partial charge in [0.1, 0.15) is 6.10 Å². The fourth-order valence-electron chi connectivity index (χ4n) is 3.02. The van der Waals surface area contributed by atoms with Crippen LogP contribution in [0.2, 0.25) is 5.02 Å². The van der Waals surface area contributed by atoms with Crippen molar-refractivity contribution < 1.29 is 28.5 Å². The second-order valence-electron chi connectivity index (χ2n) is 6.35. The van der Waals surface area contributed by atoms with Crippen molar-refractivity contribution in [1.82, 2.24) is 5.32 Å². The van der Waals surface area contributed by atoms with E-state index in [9.17, 15) is 9.59 Å². The molecule has 160 valence electrons. The molecule has 1 aliphatic heterocycles. The van der Waals surface area contributed by atoms with Crippen LogP contribution in [-0.2, 0) is 4.74 Å². The lowest BCUT2D eigenvalue weighted by molar-refractivity contribution is 0.141. The molecule has 2 aromatic rings.